The van der Waals surface area contributed by atoms with Crippen LogP contribution in [0.2, 0.25) is 0 Å². The van der Waals surface area contributed by atoms with Gasteiger partial charge in [0.15, 0.2) is 5.69 Å². The highest BCUT2D eigenvalue weighted by molar-refractivity contribution is 9.10. The zero-order valence-corrected chi connectivity index (χ0v) is 75.8. The van der Waals surface area contributed by atoms with E-state index in [1.807, 2.05) is 163 Å². The third-order valence-corrected chi connectivity index (χ3v) is 22.8. The number of aryl methyl sites for hydroxylation is 1. The Kier molecular flexibility index (Phi) is 31.0. The van der Waals surface area contributed by atoms with Crippen LogP contribution in [0.1, 0.15) is 265 Å². The van der Waals surface area contributed by atoms with Crippen molar-refractivity contribution in [3.05, 3.63) is 227 Å². The number of nitrogens with one attached hydrogen (secondary N) is 2. The molecule has 6 saturated carbocycles. The molecule has 5 amide bonds. The number of methoxy groups -OCH3 is 3. The van der Waals surface area contributed by atoms with Crippen LogP contribution in [0, 0.1) is 6.92 Å². The maximum Gasteiger partial charge on any atom is 0.410 e. The number of amides is 5. The van der Waals surface area contributed by atoms with Crippen molar-refractivity contribution in [3.8, 4) is 0 Å². The molecule has 2 heterocycles. The smallest absolute Gasteiger partial charge is 0.410 e. The van der Waals surface area contributed by atoms with Gasteiger partial charge in [0.2, 0.25) is 0 Å². The van der Waals surface area contributed by atoms with E-state index >= 15 is 0 Å². The third kappa shape index (κ3) is 26.2. The van der Waals surface area contributed by atoms with E-state index in [2.05, 4.69) is 120 Å². The van der Waals surface area contributed by atoms with Gasteiger partial charge in [0.1, 0.15) is 28.2 Å². The van der Waals surface area contributed by atoms with Crippen molar-refractivity contribution in [2.45, 2.75) is 249 Å². The number of esters is 3. The Morgan fingerprint density at radius 3 is 1.18 bits per heavy atom. The number of ether oxygens (including phenoxy) is 7. The van der Waals surface area contributed by atoms with Crippen molar-refractivity contribution >= 4 is 86.2 Å². The van der Waals surface area contributed by atoms with Crippen molar-refractivity contribution < 1.29 is 85.6 Å². The van der Waals surface area contributed by atoms with Gasteiger partial charge in [0.25, 0.3) is 5.91 Å². The van der Waals surface area contributed by atoms with Crippen molar-refractivity contribution in [2.75, 3.05) is 42.0 Å². The number of fused-ring (bicyclic) bond motifs is 1. The molecule has 646 valence electrons. The van der Waals surface area contributed by atoms with E-state index in [1.165, 1.54) is 57.3 Å². The number of nitrogens with zero attached hydrogens (tertiary/aromatic N) is 4. The molecule has 6 aromatic carbocycles. The highest BCUT2D eigenvalue weighted by Crippen LogP contribution is 2.54. The number of aromatic nitrogens is 1. The maximum absolute atomic E-state index is 13.4. The van der Waals surface area contributed by atoms with E-state index in [0.29, 0.717) is 52.1 Å². The summed E-state index contributed by atoms with van der Waals surface area (Å²) in [4.78, 5) is 117. The number of rotatable bonds is 15. The van der Waals surface area contributed by atoms with Crippen LogP contribution < -0.4 is 16.4 Å². The molecule has 7 aliphatic rings. The summed E-state index contributed by atoms with van der Waals surface area (Å²) in [5.74, 6) is -0.498. The van der Waals surface area contributed by atoms with E-state index in [1.54, 1.807) is 46.0 Å². The Bertz CT molecular complexity index is 4740. The summed E-state index contributed by atoms with van der Waals surface area (Å²) >= 11 is 6.80. The highest BCUT2D eigenvalue weighted by atomic mass is 79.9. The molecule has 6 aliphatic carbocycles. The van der Waals surface area contributed by atoms with Crippen LogP contribution >= 0.6 is 31.9 Å². The number of alkyl carbamates (subject to hydrolysis) is 2. The molecule has 0 spiro atoms. The Hall–Kier alpha value is -10.2. The summed E-state index contributed by atoms with van der Waals surface area (Å²) in [6, 6.07) is 46.8. The molecule has 27 heteroatoms. The molecular weight excluding hydrogens is 1660 g/mol. The minimum atomic E-state index is -0.572. The van der Waals surface area contributed by atoms with Crippen LogP contribution in [-0.4, -0.2) is 139 Å². The van der Waals surface area contributed by atoms with E-state index in [0.717, 1.165) is 95.4 Å². The number of benzene rings is 6. The fourth-order valence-corrected chi connectivity index (χ4v) is 14.3. The molecule has 1 aromatic heterocycles. The molecule has 25 nitrogen and oxygen atoms in total. The number of carbonyl (C=O) groups is 8. The lowest BCUT2D eigenvalue weighted by atomic mass is 9.92. The summed E-state index contributed by atoms with van der Waals surface area (Å²) in [5, 5.41) is 10.0. The van der Waals surface area contributed by atoms with Gasteiger partial charge in [-0.15, -0.1) is 0 Å². The molecule has 6 fully saturated rings. The maximum atomic E-state index is 13.4. The Balaban J connectivity index is 0.000000182. The zero-order valence-electron chi connectivity index (χ0n) is 72.6. The second-order valence-electron chi connectivity index (χ2n) is 35.4. The van der Waals surface area contributed by atoms with E-state index in [9.17, 15) is 38.4 Å². The summed E-state index contributed by atoms with van der Waals surface area (Å²) in [6.45, 7) is 27.2. The Labute approximate surface area is 721 Å². The summed E-state index contributed by atoms with van der Waals surface area (Å²) in [7, 11) is 7.70. The first-order chi connectivity index (χ1) is 56.2. The molecule has 120 heavy (non-hydrogen) atoms. The second-order valence-corrected chi connectivity index (χ2v) is 37.3. The van der Waals surface area contributed by atoms with E-state index < -0.39 is 28.5 Å². The molecule has 0 saturated heterocycles. The first-order valence-corrected chi connectivity index (χ1v) is 42.0. The average molecular weight is 1780 g/mol. The number of halogens is 2. The SMILES string of the molecule is CC(C)(C)OC(=O)NC1(c2ccc(Br)cc2)CC1.CCC1(c2ccc(C(=O)OC)cc2)CC1.COC(=O)c1ccc(C2(N(C)C(=O)OC(C)(C)C)CC2)cc1.COC(=O)c1ccc(C2(NC(=O)OC(C)(C)C)CC2)cc1.Cc1ccc(C2(N(C)C(=O)c3noc4c3CN(C(=O)OC(C)(C)C)CC4)CC2)cc1.NC1(c2ccc(Br)cc2)CC1.O=C=O. The van der Waals surface area contributed by atoms with Gasteiger partial charge in [0, 0.05) is 47.1 Å². The van der Waals surface area contributed by atoms with Gasteiger partial charge in [-0.05, 0) is 273 Å². The second kappa shape index (κ2) is 39.1. The van der Waals surface area contributed by atoms with Crippen LogP contribution in [-0.2, 0) is 88.8 Å². The molecule has 0 unspecified atom stereocenters. The molecular formula is C93H117Br2N7O18. The standard InChI is InChI=1S/C23H29N3O4.C17H23NO4.C16H21NO4.C14H18BrNO2.C13H16O2.C9H10BrN.CO2/c1-15-6-8-16(9-7-15)23(11-12-23)25(5)20(27)19-17-14-26(13-10-18(17)30-24-19)21(28)29-22(2,3)4;1-16(2,3)22-15(20)18(4)17(10-11-17)13-8-6-12(7-9-13)14(19)21-5;1-15(2,3)21-14(19)17-16(9-10-16)12-7-5-11(6-8-12)13(18)20-4;1-13(2,3)18-12(17)16-14(8-9-14)10-4-6-11(15)7-5-10;1-3-13(8-9-13)11-6-4-10(5-7-11)12(14)15-2;10-8-3-1-7(2-4-8)9(11)5-6-9;2-1-3/h6-9H,10-14H2,1-5H3;6-9H,10-11H2,1-5H3;5-8H,9-10H2,1-4H3,(H,17,19);4-7H,8-9H2,1-3H3,(H,16,17);4-7H,3,8-9H2,1-2H3;1-4H,5-6,11H2;. The first-order valence-electron chi connectivity index (χ1n) is 40.4. The van der Waals surface area contributed by atoms with Gasteiger partial charge in [-0.25, -0.2) is 33.6 Å². The van der Waals surface area contributed by atoms with Gasteiger partial charge in [-0.2, -0.15) is 9.59 Å². The van der Waals surface area contributed by atoms with Crippen LogP contribution in [0.3, 0.4) is 0 Å². The molecule has 1 aliphatic heterocycles. The van der Waals surface area contributed by atoms with Crippen LogP contribution in [0.15, 0.2) is 159 Å². The molecule has 7 aromatic rings. The van der Waals surface area contributed by atoms with Gasteiger partial charge < -0.3 is 68.7 Å². The average Bonchev–Trinajstić information content (AvgIpc) is 1.60. The molecule has 4 N–H and O–H groups in total. The predicted molar refractivity (Wildman–Crippen MR) is 459 cm³/mol. The van der Waals surface area contributed by atoms with Crippen molar-refractivity contribution in [2.24, 2.45) is 5.73 Å². The van der Waals surface area contributed by atoms with Crippen molar-refractivity contribution in [1.82, 2.24) is 30.5 Å². The molecule has 0 radical (unpaired) electrons. The Morgan fingerprint density at radius 1 is 0.483 bits per heavy atom. The number of hydrogen-bond donors (Lipinski definition) is 3. The molecule has 0 bridgehead atoms. The largest absolute Gasteiger partial charge is 0.465 e. The normalized spacial score (nSPS) is 16.6. The van der Waals surface area contributed by atoms with Crippen LogP contribution in [0.5, 0.6) is 0 Å². The first kappa shape index (κ1) is 95.3. The van der Waals surface area contributed by atoms with Gasteiger partial charge in [0.05, 0.1) is 66.7 Å². The molecule has 0 atom stereocenters. The lowest BCUT2D eigenvalue weighted by Crippen LogP contribution is -2.41. The lowest BCUT2D eigenvalue weighted by molar-refractivity contribution is -0.191. The third-order valence-electron chi connectivity index (χ3n) is 21.7. The highest BCUT2D eigenvalue weighted by Gasteiger charge is 2.53. The fourth-order valence-electron chi connectivity index (χ4n) is 13.8. The topological polar surface area (TPSA) is 321 Å². The monoisotopic (exact) mass is 1780 g/mol. The van der Waals surface area contributed by atoms with Gasteiger partial charge in [-0.3, -0.25) is 4.79 Å². The fraction of sp³-hybridized carbons (Fsp3) is 0.484. The van der Waals surface area contributed by atoms with Crippen molar-refractivity contribution in [1.29, 1.82) is 0 Å². The summed E-state index contributed by atoms with van der Waals surface area (Å²) in [5.41, 5.74) is 13.8. The van der Waals surface area contributed by atoms with E-state index in [-0.39, 0.29) is 82.5 Å². The summed E-state index contributed by atoms with van der Waals surface area (Å²) < 4.78 is 43.2. The lowest BCUT2D eigenvalue weighted by Gasteiger charge is -2.31. The quantitative estimate of drug-likeness (QED) is 0.0634. The van der Waals surface area contributed by atoms with Crippen molar-refractivity contribution in [3.63, 3.8) is 0 Å². The minimum absolute atomic E-state index is 0.0146. The number of carbonyl (C=O) groups excluding carboxylic acids is 10. The number of nitrogens with two attached hydrogens (primary N) is 1. The summed E-state index contributed by atoms with van der Waals surface area (Å²) in [6.07, 6.45) is 12.6. The van der Waals surface area contributed by atoms with Gasteiger partial charge in [-0.1, -0.05) is 134 Å². The van der Waals surface area contributed by atoms with Crippen LogP contribution in [0.25, 0.3) is 0 Å². The molecule has 14 rings (SSSR count). The Morgan fingerprint density at radius 2 is 0.833 bits per heavy atom. The zero-order chi connectivity index (χ0) is 88.8. The van der Waals surface area contributed by atoms with Crippen LogP contribution in [0.4, 0.5) is 19.2 Å². The van der Waals surface area contributed by atoms with E-state index in [4.69, 9.17) is 43.5 Å². The minimum Gasteiger partial charge on any atom is -0.465 e. The predicted octanol–water partition coefficient (Wildman–Crippen LogP) is 19.0. The van der Waals surface area contributed by atoms with Gasteiger partial charge >= 0.3 is 48.4 Å². The number of hydrogen-bond acceptors (Lipinski definition) is 20.